The molecule has 0 spiro atoms. The molecule has 1 aromatic carbocycles. The molecule has 1 heterocycles. The summed E-state index contributed by atoms with van der Waals surface area (Å²) in [5, 5.41) is 0. The van der Waals surface area contributed by atoms with E-state index < -0.39 is 0 Å². The van der Waals surface area contributed by atoms with Crippen LogP contribution in [0.4, 0.5) is 0 Å². The number of rotatable bonds is 2. The van der Waals surface area contributed by atoms with E-state index in [9.17, 15) is 4.79 Å². The molecule has 0 bridgehead atoms. The Morgan fingerprint density at radius 1 is 1.17 bits per heavy atom. The van der Waals surface area contributed by atoms with Crippen molar-refractivity contribution in [3.05, 3.63) is 35.4 Å². The summed E-state index contributed by atoms with van der Waals surface area (Å²) in [6.07, 6.45) is 1.87. The van der Waals surface area contributed by atoms with Crippen molar-refractivity contribution in [2.75, 3.05) is 13.1 Å². The number of benzene rings is 1. The molecule has 0 aromatic heterocycles. The first-order chi connectivity index (χ1) is 8.59. The number of nitrogens with two attached hydrogens (primary N) is 1. The van der Waals surface area contributed by atoms with E-state index in [1.165, 1.54) is 11.1 Å². The number of hydrogen-bond acceptors (Lipinski definition) is 2. The van der Waals surface area contributed by atoms with Gasteiger partial charge in [0, 0.05) is 13.1 Å². The smallest absolute Gasteiger partial charge is 0.239 e. The minimum absolute atomic E-state index is 0.0952. The molecule has 2 rings (SSSR count). The van der Waals surface area contributed by atoms with Crippen LogP contribution in [0.3, 0.4) is 0 Å². The third-order valence-corrected chi connectivity index (χ3v) is 3.74. The van der Waals surface area contributed by atoms with Crippen molar-refractivity contribution in [1.82, 2.24) is 4.90 Å². The minimum atomic E-state index is -0.369. The van der Waals surface area contributed by atoms with E-state index >= 15 is 0 Å². The number of fused-ring (bicyclic) bond motifs is 1. The second-order valence-corrected chi connectivity index (χ2v) is 5.36. The summed E-state index contributed by atoms with van der Waals surface area (Å²) in [5.41, 5.74) is 8.69. The van der Waals surface area contributed by atoms with Gasteiger partial charge < -0.3 is 10.6 Å². The molecule has 1 aliphatic rings. The first-order valence-electron chi connectivity index (χ1n) is 6.70. The molecular weight excluding hydrogens is 224 g/mol. The monoisotopic (exact) mass is 246 g/mol. The molecule has 0 aliphatic carbocycles. The molecule has 0 saturated heterocycles. The van der Waals surface area contributed by atoms with Gasteiger partial charge in [-0.05, 0) is 29.9 Å². The molecular formula is C15H22N2O. The summed E-state index contributed by atoms with van der Waals surface area (Å²) in [6.45, 7) is 5.57. The van der Waals surface area contributed by atoms with Crippen molar-refractivity contribution in [3.8, 4) is 0 Å². The molecule has 1 aliphatic heterocycles. The van der Waals surface area contributed by atoms with E-state index in [0.29, 0.717) is 0 Å². The van der Waals surface area contributed by atoms with Gasteiger partial charge in [-0.2, -0.15) is 0 Å². The van der Waals surface area contributed by atoms with Crippen molar-refractivity contribution in [3.63, 3.8) is 0 Å². The highest BCUT2D eigenvalue weighted by atomic mass is 16.2. The standard InChI is InChI=1S/C15H22N2O/c1-11(2)14(16)15(18)17-9-7-12-5-3-4-6-13(12)8-10-17/h3-6,11,14H,7-10,16H2,1-2H3/t14-/m1/s1. The largest absolute Gasteiger partial charge is 0.341 e. The number of carbonyl (C=O) groups excluding carboxylic acids is 1. The summed E-state index contributed by atoms with van der Waals surface area (Å²) in [4.78, 5) is 14.2. The molecule has 0 saturated carbocycles. The molecule has 0 radical (unpaired) electrons. The van der Waals surface area contributed by atoms with Crippen molar-refractivity contribution in [1.29, 1.82) is 0 Å². The lowest BCUT2D eigenvalue weighted by Gasteiger charge is -2.25. The summed E-state index contributed by atoms with van der Waals surface area (Å²) in [5.74, 6) is 0.293. The van der Waals surface area contributed by atoms with Crippen LogP contribution in [0, 0.1) is 5.92 Å². The Morgan fingerprint density at radius 3 is 2.11 bits per heavy atom. The van der Waals surface area contributed by atoms with Gasteiger partial charge in [0.05, 0.1) is 6.04 Å². The molecule has 98 valence electrons. The second-order valence-electron chi connectivity index (χ2n) is 5.36. The van der Waals surface area contributed by atoms with Crippen LogP contribution < -0.4 is 5.73 Å². The molecule has 1 atom stereocenters. The van der Waals surface area contributed by atoms with Crippen LogP contribution in [-0.4, -0.2) is 29.9 Å². The van der Waals surface area contributed by atoms with Gasteiger partial charge >= 0.3 is 0 Å². The third kappa shape index (κ3) is 2.72. The molecule has 0 fully saturated rings. The third-order valence-electron chi connectivity index (χ3n) is 3.74. The fourth-order valence-electron chi connectivity index (χ4n) is 2.38. The summed E-state index contributed by atoms with van der Waals surface area (Å²) >= 11 is 0. The van der Waals surface area contributed by atoms with E-state index in [1.807, 2.05) is 18.7 Å². The molecule has 1 aromatic rings. The van der Waals surface area contributed by atoms with Crippen molar-refractivity contribution < 1.29 is 4.79 Å². The van der Waals surface area contributed by atoms with Gasteiger partial charge in [-0.15, -0.1) is 0 Å². The Labute approximate surface area is 109 Å². The molecule has 0 unspecified atom stereocenters. The Bertz CT molecular complexity index is 401. The first-order valence-corrected chi connectivity index (χ1v) is 6.70. The quantitative estimate of drug-likeness (QED) is 0.861. The van der Waals surface area contributed by atoms with E-state index in [1.54, 1.807) is 0 Å². The normalized spacial score (nSPS) is 17.2. The minimum Gasteiger partial charge on any atom is -0.341 e. The zero-order chi connectivity index (χ0) is 13.1. The van der Waals surface area contributed by atoms with Gasteiger partial charge in [0.1, 0.15) is 0 Å². The van der Waals surface area contributed by atoms with Crippen LogP contribution in [0.5, 0.6) is 0 Å². The van der Waals surface area contributed by atoms with E-state index in [0.717, 1.165) is 25.9 Å². The zero-order valence-electron chi connectivity index (χ0n) is 11.2. The van der Waals surface area contributed by atoms with E-state index in [2.05, 4.69) is 24.3 Å². The molecule has 3 nitrogen and oxygen atoms in total. The van der Waals surface area contributed by atoms with Gasteiger partial charge in [-0.3, -0.25) is 4.79 Å². The molecule has 2 N–H and O–H groups in total. The average molecular weight is 246 g/mol. The SMILES string of the molecule is CC(C)[C@@H](N)C(=O)N1CCc2ccccc2CC1. The Hall–Kier alpha value is -1.35. The predicted octanol–water partition coefficient (Wildman–Crippen LogP) is 1.60. The lowest BCUT2D eigenvalue weighted by Crippen LogP contribution is -2.47. The first kappa shape index (κ1) is 13.1. The Morgan fingerprint density at radius 2 is 1.67 bits per heavy atom. The van der Waals surface area contributed by atoms with Crippen LogP contribution >= 0.6 is 0 Å². The maximum atomic E-state index is 12.2. The molecule has 3 heteroatoms. The molecule has 18 heavy (non-hydrogen) atoms. The van der Waals surface area contributed by atoms with Crippen molar-refractivity contribution >= 4 is 5.91 Å². The van der Waals surface area contributed by atoms with Crippen LogP contribution in [0.25, 0.3) is 0 Å². The van der Waals surface area contributed by atoms with Crippen LogP contribution in [0.2, 0.25) is 0 Å². The Kier molecular flexibility index (Phi) is 4.02. The predicted molar refractivity (Wildman–Crippen MR) is 73.2 cm³/mol. The van der Waals surface area contributed by atoms with Gasteiger partial charge in [0.2, 0.25) is 5.91 Å². The van der Waals surface area contributed by atoms with Gasteiger partial charge in [-0.25, -0.2) is 0 Å². The van der Waals surface area contributed by atoms with E-state index in [4.69, 9.17) is 5.73 Å². The topological polar surface area (TPSA) is 46.3 Å². The number of hydrogen-bond donors (Lipinski definition) is 1. The van der Waals surface area contributed by atoms with Gasteiger partial charge in [0.15, 0.2) is 0 Å². The lowest BCUT2D eigenvalue weighted by molar-refractivity contribution is -0.133. The fourth-order valence-corrected chi connectivity index (χ4v) is 2.38. The highest BCUT2D eigenvalue weighted by molar-refractivity contribution is 5.82. The summed E-state index contributed by atoms with van der Waals surface area (Å²) in [7, 11) is 0. The van der Waals surface area contributed by atoms with Crippen LogP contribution in [0.1, 0.15) is 25.0 Å². The highest BCUT2D eigenvalue weighted by Gasteiger charge is 2.24. The number of amides is 1. The zero-order valence-corrected chi connectivity index (χ0v) is 11.2. The van der Waals surface area contributed by atoms with Crippen LogP contribution in [0.15, 0.2) is 24.3 Å². The van der Waals surface area contributed by atoms with E-state index in [-0.39, 0.29) is 17.9 Å². The number of nitrogens with zero attached hydrogens (tertiary/aromatic N) is 1. The highest BCUT2D eigenvalue weighted by Crippen LogP contribution is 2.16. The van der Waals surface area contributed by atoms with Crippen molar-refractivity contribution in [2.24, 2.45) is 11.7 Å². The average Bonchev–Trinajstić information content (AvgIpc) is 2.59. The van der Waals surface area contributed by atoms with Gasteiger partial charge in [0.25, 0.3) is 0 Å². The summed E-state index contributed by atoms with van der Waals surface area (Å²) in [6, 6.07) is 8.08. The molecule has 1 amide bonds. The summed E-state index contributed by atoms with van der Waals surface area (Å²) < 4.78 is 0. The fraction of sp³-hybridized carbons (Fsp3) is 0.533. The maximum Gasteiger partial charge on any atom is 0.239 e. The van der Waals surface area contributed by atoms with Crippen molar-refractivity contribution in [2.45, 2.75) is 32.7 Å². The Balaban J connectivity index is 2.06. The van der Waals surface area contributed by atoms with Crippen LogP contribution in [-0.2, 0) is 17.6 Å². The van der Waals surface area contributed by atoms with Gasteiger partial charge in [-0.1, -0.05) is 38.1 Å². The number of carbonyl (C=O) groups is 1. The second kappa shape index (κ2) is 5.53. The lowest BCUT2D eigenvalue weighted by atomic mass is 10.0. The maximum absolute atomic E-state index is 12.2.